The van der Waals surface area contributed by atoms with Gasteiger partial charge in [-0.25, -0.2) is 4.98 Å². The molecule has 2 heterocycles. The van der Waals surface area contributed by atoms with Crippen LogP contribution in [-0.4, -0.2) is 42.3 Å². The highest BCUT2D eigenvalue weighted by molar-refractivity contribution is 7.22. The van der Waals surface area contributed by atoms with Gasteiger partial charge in [0.25, 0.3) is 0 Å². The second-order valence-electron chi connectivity index (χ2n) is 5.26. The molecular weight excluding hydrogens is 361 g/mol. The summed E-state index contributed by atoms with van der Waals surface area (Å²) in [5, 5.41) is 8.13. The van der Waals surface area contributed by atoms with Gasteiger partial charge in [-0.05, 0) is 25.1 Å². The highest BCUT2D eigenvalue weighted by atomic mass is 32.1. The number of ether oxygens (including phenoxy) is 1. The van der Waals surface area contributed by atoms with Gasteiger partial charge in [-0.2, -0.15) is 0 Å². The van der Waals surface area contributed by atoms with Crippen LogP contribution in [0.25, 0.3) is 10.2 Å². The van der Waals surface area contributed by atoms with Crippen LogP contribution in [0.3, 0.4) is 0 Å². The van der Waals surface area contributed by atoms with Crippen molar-refractivity contribution < 1.29 is 27.5 Å². The molecule has 1 unspecified atom stereocenters. The third kappa shape index (κ3) is 4.57. The topological polar surface area (TPSA) is 92.4 Å². The summed E-state index contributed by atoms with van der Waals surface area (Å²) in [6, 6.07) is 3.45. The summed E-state index contributed by atoms with van der Waals surface area (Å²) in [5.41, 5.74) is 0.428. The molecule has 1 fully saturated rings. The fraction of sp³-hybridized carbons (Fsp3) is 0.357. The highest BCUT2D eigenvalue weighted by Crippen LogP contribution is 2.31. The highest BCUT2D eigenvalue weighted by Gasteiger charge is 2.31. The van der Waals surface area contributed by atoms with Crippen LogP contribution in [0.15, 0.2) is 18.2 Å². The zero-order chi connectivity index (χ0) is 18.0. The molecular formula is C14H13F3N4O3S. The van der Waals surface area contributed by atoms with Crippen molar-refractivity contribution in [2.75, 3.05) is 18.4 Å². The van der Waals surface area contributed by atoms with Crippen LogP contribution in [-0.2, 0) is 9.59 Å². The van der Waals surface area contributed by atoms with Crippen molar-refractivity contribution in [3.63, 3.8) is 0 Å². The van der Waals surface area contributed by atoms with Crippen molar-refractivity contribution in [3.8, 4) is 5.75 Å². The quantitative estimate of drug-likeness (QED) is 0.740. The number of carbonyl (C=O) groups excluding carboxylic acids is 2. The van der Waals surface area contributed by atoms with E-state index < -0.39 is 12.3 Å². The number of amides is 2. The number of anilines is 1. The van der Waals surface area contributed by atoms with Crippen LogP contribution in [0.1, 0.15) is 6.42 Å². The van der Waals surface area contributed by atoms with E-state index in [0.29, 0.717) is 10.2 Å². The van der Waals surface area contributed by atoms with Crippen molar-refractivity contribution in [2.45, 2.75) is 18.8 Å². The van der Waals surface area contributed by atoms with E-state index in [-0.39, 0.29) is 29.4 Å². The van der Waals surface area contributed by atoms with Gasteiger partial charge in [0, 0.05) is 6.07 Å². The zero-order valence-electron chi connectivity index (χ0n) is 12.6. The average Bonchev–Trinajstić information content (AvgIpc) is 2.83. The van der Waals surface area contributed by atoms with Crippen LogP contribution in [0.5, 0.6) is 5.75 Å². The van der Waals surface area contributed by atoms with Gasteiger partial charge in [0.15, 0.2) is 5.13 Å². The second-order valence-corrected chi connectivity index (χ2v) is 6.29. The Hall–Kier alpha value is -2.40. The van der Waals surface area contributed by atoms with Gasteiger partial charge >= 0.3 is 6.36 Å². The van der Waals surface area contributed by atoms with Gasteiger partial charge in [-0.3, -0.25) is 9.59 Å². The number of aromatic nitrogens is 1. The number of benzene rings is 1. The normalized spacial score (nSPS) is 17.0. The Morgan fingerprint density at radius 1 is 1.40 bits per heavy atom. The molecule has 0 aliphatic carbocycles. The molecule has 1 aliphatic heterocycles. The van der Waals surface area contributed by atoms with Crippen molar-refractivity contribution >= 4 is 38.5 Å². The van der Waals surface area contributed by atoms with Gasteiger partial charge in [-0.1, -0.05) is 11.3 Å². The Labute approximate surface area is 143 Å². The Morgan fingerprint density at radius 3 is 2.80 bits per heavy atom. The molecule has 0 spiro atoms. The van der Waals surface area contributed by atoms with E-state index >= 15 is 0 Å². The van der Waals surface area contributed by atoms with Gasteiger partial charge in [0.1, 0.15) is 5.75 Å². The van der Waals surface area contributed by atoms with Crippen LogP contribution >= 0.6 is 11.3 Å². The predicted molar refractivity (Wildman–Crippen MR) is 84.4 cm³/mol. The summed E-state index contributed by atoms with van der Waals surface area (Å²) >= 11 is 1.01. The molecule has 2 amide bonds. The largest absolute Gasteiger partial charge is 0.573 e. The van der Waals surface area contributed by atoms with E-state index in [4.69, 9.17) is 0 Å². The lowest BCUT2D eigenvalue weighted by Crippen LogP contribution is -2.54. The minimum atomic E-state index is -4.77. The monoisotopic (exact) mass is 374 g/mol. The van der Waals surface area contributed by atoms with Crippen LogP contribution in [0.2, 0.25) is 0 Å². The Balaban J connectivity index is 1.59. The van der Waals surface area contributed by atoms with E-state index in [0.717, 1.165) is 30.4 Å². The van der Waals surface area contributed by atoms with E-state index in [2.05, 4.69) is 25.7 Å². The summed E-state index contributed by atoms with van der Waals surface area (Å²) in [6.07, 6.45) is -4.05. The van der Waals surface area contributed by atoms with Crippen LogP contribution in [0.4, 0.5) is 18.3 Å². The maximum absolute atomic E-state index is 12.2. The van der Waals surface area contributed by atoms with Gasteiger partial charge in [0.2, 0.25) is 11.8 Å². The Kier molecular flexibility index (Phi) is 4.77. The first-order chi connectivity index (χ1) is 11.8. The molecule has 1 aromatic carbocycles. The molecule has 134 valence electrons. The predicted octanol–water partition coefficient (Wildman–Crippen LogP) is 1.61. The molecule has 0 radical (unpaired) electrons. The SMILES string of the molecule is O=C(CNC(=O)C1CCN1)Nc1nc2ccc(OC(F)(F)F)cc2s1. The van der Waals surface area contributed by atoms with Crippen molar-refractivity contribution in [1.29, 1.82) is 0 Å². The molecule has 1 atom stereocenters. The molecule has 1 aliphatic rings. The first-order valence-electron chi connectivity index (χ1n) is 7.27. The lowest BCUT2D eigenvalue weighted by atomic mass is 10.1. The number of hydrogen-bond donors (Lipinski definition) is 3. The zero-order valence-corrected chi connectivity index (χ0v) is 13.5. The number of alkyl halides is 3. The third-order valence-electron chi connectivity index (χ3n) is 3.40. The van der Waals surface area contributed by atoms with E-state index in [1.165, 1.54) is 12.1 Å². The molecule has 0 bridgehead atoms. The molecule has 25 heavy (non-hydrogen) atoms. The fourth-order valence-corrected chi connectivity index (χ4v) is 3.03. The fourth-order valence-electron chi connectivity index (χ4n) is 2.12. The third-order valence-corrected chi connectivity index (χ3v) is 4.34. The van der Waals surface area contributed by atoms with Gasteiger partial charge in [0.05, 0.1) is 22.8 Å². The number of nitrogens with zero attached hydrogens (tertiary/aromatic N) is 1. The minimum absolute atomic E-state index is 0.213. The maximum Gasteiger partial charge on any atom is 0.573 e. The standard InChI is InChI=1S/C14H13F3N4O3S/c15-14(16,17)24-7-1-2-8-10(5-7)25-13(20-8)21-11(22)6-19-12(23)9-3-4-18-9/h1-2,5,9,18H,3-4,6H2,(H,19,23)(H,20,21,22). The lowest BCUT2D eigenvalue weighted by molar-refractivity contribution is -0.274. The summed E-state index contributed by atoms with van der Waals surface area (Å²) in [4.78, 5) is 27.5. The number of carbonyl (C=O) groups is 2. The Morgan fingerprint density at radius 2 is 2.16 bits per heavy atom. The van der Waals surface area contributed by atoms with Gasteiger partial charge < -0.3 is 20.7 Å². The van der Waals surface area contributed by atoms with Gasteiger partial charge in [-0.15, -0.1) is 13.2 Å². The minimum Gasteiger partial charge on any atom is -0.406 e. The molecule has 3 rings (SSSR count). The second kappa shape index (κ2) is 6.84. The molecule has 7 nitrogen and oxygen atoms in total. The summed E-state index contributed by atoms with van der Waals surface area (Å²) in [6.45, 7) is 0.561. The smallest absolute Gasteiger partial charge is 0.406 e. The van der Waals surface area contributed by atoms with Crippen molar-refractivity contribution in [3.05, 3.63) is 18.2 Å². The number of fused-ring (bicyclic) bond motifs is 1. The van der Waals surface area contributed by atoms with E-state index in [1.807, 2.05) is 0 Å². The average molecular weight is 374 g/mol. The number of nitrogens with one attached hydrogen (secondary N) is 3. The first kappa shape index (κ1) is 17.4. The number of hydrogen-bond acceptors (Lipinski definition) is 6. The number of rotatable bonds is 5. The summed E-state index contributed by atoms with van der Waals surface area (Å²) in [7, 11) is 0. The molecule has 1 aromatic heterocycles. The maximum atomic E-state index is 12.2. The van der Waals surface area contributed by atoms with E-state index in [1.54, 1.807) is 0 Å². The molecule has 1 saturated heterocycles. The van der Waals surface area contributed by atoms with Crippen molar-refractivity contribution in [2.24, 2.45) is 0 Å². The summed E-state index contributed by atoms with van der Waals surface area (Å²) in [5.74, 6) is -1.08. The Bertz CT molecular complexity index is 804. The molecule has 0 saturated carbocycles. The molecule has 2 aromatic rings. The number of halogens is 3. The van der Waals surface area contributed by atoms with E-state index in [9.17, 15) is 22.8 Å². The van der Waals surface area contributed by atoms with Crippen molar-refractivity contribution in [1.82, 2.24) is 15.6 Å². The molecule has 3 N–H and O–H groups in total. The lowest BCUT2D eigenvalue weighted by Gasteiger charge is -2.25. The van der Waals surface area contributed by atoms with Crippen LogP contribution in [0, 0.1) is 0 Å². The summed E-state index contributed by atoms with van der Waals surface area (Å²) < 4.78 is 40.9. The first-order valence-corrected chi connectivity index (χ1v) is 8.09. The molecule has 11 heteroatoms. The van der Waals surface area contributed by atoms with Crippen LogP contribution < -0.4 is 20.7 Å². The number of thiazole rings is 1.